The van der Waals surface area contributed by atoms with Crippen LogP contribution in [0.1, 0.15) is 30.6 Å². The van der Waals surface area contributed by atoms with Gasteiger partial charge < -0.3 is 9.32 Å². The summed E-state index contributed by atoms with van der Waals surface area (Å²) in [5, 5.41) is 0. The number of amides is 2. The number of nitrogens with zero attached hydrogens (tertiary/aromatic N) is 2. The molecule has 7 heteroatoms. The van der Waals surface area contributed by atoms with Crippen molar-refractivity contribution in [2.45, 2.75) is 25.7 Å². The Morgan fingerprint density at radius 1 is 1.17 bits per heavy atom. The molecule has 5 nitrogen and oxygen atoms in total. The minimum atomic E-state index is -0.157. The zero-order chi connectivity index (χ0) is 20.9. The molecule has 2 amide bonds. The van der Waals surface area contributed by atoms with Gasteiger partial charge in [0.15, 0.2) is 0 Å². The number of thioether (sulfide) groups is 1. The van der Waals surface area contributed by atoms with E-state index in [4.69, 9.17) is 16.6 Å². The number of hydrogen-bond donors (Lipinski definition) is 0. The standard InChI is InChI=1S/C23H24N2O3S2/c26-21(24-11-8-18(9-12-24)15-17-5-2-1-3-6-17)10-13-25-22(27)20(30-23(25)29)16-19-7-4-14-28-19/h1-7,14,16,18H,8-13,15H2. The summed E-state index contributed by atoms with van der Waals surface area (Å²) in [7, 11) is 0. The van der Waals surface area contributed by atoms with Crippen LogP contribution in [0.4, 0.5) is 0 Å². The van der Waals surface area contributed by atoms with E-state index in [0.29, 0.717) is 33.9 Å². The number of benzene rings is 1. The van der Waals surface area contributed by atoms with Crippen molar-refractivity contribution in [3.63, 3.8) is 0 Å². The van der Waals surface area contributed by atoms with Crippen LogP contribution in [-0.4, -0.2) is 45.6 Å². The van der Waals surface area contributed by atoms with E-state index < -0.39 is 0 Å². The van der Waals surface area contributed by atoms with Crippen molar-refractivity contribution in [2.75, 3.05) is 19.6 Å². The van der Waals surface area contributed by atoms with E-state index in [9.17, 15) is 9.59 Å². The van der Waals surface area contributed by atoms with Crippen molar-refractivity contribution in [2.24, 2.45) is 5.92 Å². The number of carbonyl (C=O) groups is 2. The maximum Gasteiger partial charge on any atom is 0.266 e. The van der Waals surface area contributed by atoms with Gasteiger partial charge in [0.1, 0.15) is 10.1 Å². The summed E-state index contributed by atoms with van der Waals surface area (Å²) in [6, 6.07) is 14.1. The van der Waals surface area contributed by atoms with Crippen molar-refractivity contribution in [1.29, 1.82) is 0 Å². The van der Waals surface area contributed by atoms with E-state index in [0.717, 1.165) is 32.4 Å². The number of thiocarbonyl (C=S) groups is 1. The third-order valence-corrected chi connectivity index (χ3v) is 6.95. The second-order valence-corrected chi connectivity index (χ2v) is 9.29. The molecule has 0 radical (unpaired) electrons. The summed E-state index contributed by atoms with van der Waals surface area (Å²) < 4.78 is 5.77. The Morgan fingerprint density at radius 2 is 1.93 bits per heavy atom. The maximum atomic E-state index is 12.7. The van der Waals surface area contributed by atoms with E-state index in [1.54, 1.807) is 24.5 Å². The van der Waals surface area contributed by atoms with Crippen molar-refractivity contribution < 1.29 is 14.0 Å². The van der Waals surface area contributed by atoms with Crippen molar-refractivity contribution >= 4 is 46.2 Å². The summed E-state index contributed by atoms with van der Waals surface area (Å²) in [4.78, 5) is 29.3. The highest BCUT2D eigenvalue weighted by atomic mass is 32.2. The van der Waals surface area contributed by atoms with Gasteiger partial charge in [0.25, 0.3) is 5.91 Å². The molecular weight excluding hydrogens is 416 g/mol. The molecule has 2 aliphatic heterocycles. The average molecular weight is 441 g/mol. The molecule has 0 spiro atoms. The lowest BCUT2D eigenvalue weighted by molar-refractivity contribution is -0.133. The van der Waals surface area contributed by atoms with Crippen LogP contribution in [0.2, 0.25) is 0 Å². The Hall–Kier alpha value is -2.38. The van der Waals surface area contributed by atoms with Crippen LogP contribution >= 0.6 is 24.0 Å². The van der Waals surface area contributed by atoms with E-state index in [2.05, 4.69) is 24.3 Å². The van der Waals surface area contributed by atoms with E-state index >= 15 is 0 Å². The molecule has 1 aromatic carbocycles. The summed E-state index contributed by atoms with van der Waals surface area (Å²) in [5.74, 6) is 1.17. The number of piperidine rings is 1. The van der Waals surface area contributed by atoms with Gasteiger partial charge in [0, 0.05) is 32.1 Å². The number of rotatable bonds is 6. The van der Waals surface area contributed by atoms with Gasteiger partial charge in [-0.25, -0.2) is 0 Å². The lowest BCUT2D eigenvalue weighted by Gasteiger charge is -2.32. The Morgan fingerprint density at radius 3 is 2.63 bits per heavy atom. The fraction of sp³-hybridized carbons (Fsp3) is 0.348. The molecule has 2 aliphatic rings. The summed E-state index contributed by atoms with van der Waals surface area (Å²) >= 11 is 6.60. The molecule has 2 fully saturated rings. The lowest BCUT2D eigenvalue weighted by atomic mass is 9.90. The highest BCUT2D eigenvalue weighted by molar-refractivity contribution is 8.26. The molecule has 0 saturated carbocycles. The topological polar surface area (TPSA) is 53.8 Å². The molecule has 0 bridgehead atoms. The van der Waals surface area contributed by atoms with Crippen LogP contribution in [0.3, 0.4) is 0 Å². The Kier molecular flexibility index (Phi) is 6.69. The Labute approximate surface area is 186 Å². The largest absolute Gasteiger partial charge is 0.465 e. The third kappa shape index (κ3) is 5.02. The normalized spacial score (nSPS) is 19.1. The Balaban J connectivity index is 1.25. The number of carbonyl (C=O) groups excluding carboxylic acids is 2. The van der Waals surface area contributed by atoms with Gasteiger partial charge >= 0.3 is 0 Å². The molecule has 0 unspecified atom stereocenters. The highest BCUT2D eigenvalue weighted by Gasteiger charge is 2.33. The highest BCUT2D eigenvalue weighted by Crippen LogP contribution is 2.32. The quantitative estimate of drug-likeness (QED) is 0.494. The zero-order valence-electron chi connectivity index (χ0n) is 16.7. The van der Waals surface area contributed by atoms with Crippen LogP contribution < -0.4 is 0 Å². The van der Waals surface area contributed by atoms with Gasteiger partial charge in [-0.3, -0.25) is 14.5 Å². The average Bonchev–Trinajstić information content (AvgIpc) is 3.36. The molecule has 3 heterocycles. The molecule has 30 heavy (non-hydrogen) atoms. The Bertz CT molecular complexity index is 933. The van der Waals surface area contributed by atoms with Gasteiger partial charge in [-0.15, -0.1) is 0 Å². The summed E-state index contributed by atoms with van der Waals surface area (Å²) in [6.45, 7) is 1.89. The fourth-order valence-corrected chi connectivity index (χ4v) is 5.18. The minimum Gasteiger partial charge on any atom is -0.465 e. The molecule has 0 aliphatic carbocycles. The van der Waals surface area contributed by atoms with Crippen molar-refractivity contribution in [1.82, 2.24) is 9.80 Å². The first-order chi connectivity index (χ1) is 14.6. The molecule has 2 saturated heterocycles. The second kappa shape index (κ2) is 9.62. The van der Waals surface area contributed by atoms with Crippen molar-refractivity contribution in [3.8, 4) is 0 Å². The third-order valence-electron chi connectivity index (χ3n) is 5.57. The summed E-state index contributed by atoms with van der Waals surface area (Å²) in [6.07, 6.45) is 6.67. The predicted octanol–water partition coefficient (Wildman–Crippen LogP) is 4.35. The number of furan rings is 1. The van der Waals surface area contributed by atoms with Crippen LogP contribution in [-0.2, 0) is 16.0 Å². The fourth-order valence-electron chi connectivity index (χ4n) is 3.89. The number of likely N-dealkylation sites (tertiary alicyclic amines) is 1. The first kappa shape index (κ1) is 20.9. The first-order valence-electron chi connectivity index (χ1n) is 10.2. The minimum absolute atomic E-state index is 0.0947. The molecule has 1 aromatic heterocycles. The van der Waals surface area contributed by atoms with Crippen LogP contribution in [0.25, 0.3) is 6.08 Å². The van der Waals surface area contributed by atoms with E-state index in [1.165, 1.54) is 22.2 Å². The van der Waals surface area contributed by atoms with Gasteiger partial charge in [-0.1, -0.05) is 54.3 Å². The molecule has 2 aromatic rings. The molecule has 0 atom stereocenters. The van der Waals surface area contributed by atoms with Crippen LogP contribution in [0.5, 0.6) is 0 Å². The van der Waals surface area contributed by atoms with E-state index in [1.807, 2.05) is 11.0 Å². The van der Waals surface area contributed by atoms with Gasteiger partial charge in [-0.05, 0) is 42.9 Å². The monoisotopic (exact) mass is 440 g/mol. The van der Waals surface area contributed by atoms with E-state index in [-0.39, 0.29) is 11.8 Å². The molecule has 4 rings (SSSR count). The van der Waals surface area contributed by atoms with Crippen LogP contribution in [0, 0.1) is 5.92 Å². The predicted molar refractivity (Wildman–Crippen MR) is 123 cm³/mol. The second-order valence-electron chi connectivity index (χ2n) is 7.61. The van der Waals surface area contributed by atoms with Gasteiger partial charge in [-0.2, -0.15) is 0 Å². The van der Waals surface area contributed by atoms with Gasteiger partial charge in [0.05, 0.1) is 11.2 Å². The van der Waals surface area contributed by atoms with Crippen LogP contribution in [0.15, 0.2) is 58.1 Å². The summed E-state index contributed by atoms with van der Waals surface area (Å²) in [5.41, 5.74) is 1.36. The van der Waals surface area contributed by atoms with Crippen molar-refractivity contribution in [3.05, 3.63) is 65.0 Å². The maximum absolute atomic E-state index is 12.7. The van der Waals surface area contributed by atoms with Gasteiger partial charge in [0.2, 0.25) is 5.91 Å². The molecular formula is C23H24N2O3S2. The lowest BCUT2D eigenvalue weighted by Crippen LogP contribution is -2.41. The first-order valence-corrected chi connectivity index (χ1v) is 11.4. The number of hydrogen-bond acceptors (Lipinski definition) is 5. The smallest absolute Gasteiger partial charge is 0.266 e. The molecule has 0 N–H and O–H groups in total. The molecule has 156 valence electrons. The zero-order valence-corrected chi connectivity index (χ0v) is 18.3. The SMILES string of the molecule is O=C(CCN1C(=O)C(=Cc2ccco2)SC1=S)N1CCC(Cc2ccccc2)CC1.